The summed E-state index contributed by atoms with van der Waals surface area (Å²) in [7, 11) is 0. The van der Waals surface area contributed by atoms with Crippen LogP contribution in [0, 0.1) is 0 Å². The second-order valence-electron chi connectivity index (χ2n) is 2.02. The van der Waals surface area contributed by atoms with Gasteiger partial charge in [0.15, 0.2) is 0 Å². The molecule has 0 heterocycles. The molecule has 0 saturated carbocycles. The molecule has 0 radical (unpaired) electrons. The molecule has 0 fully saturated rings. The zero-order chi connectivity index (χ0) is 7.98. The Labute approximate surface area is 59.2 Å². The van der Waals surface area contributed by atoms with E-state index in [1.807, 2.05) is 0 Å². The lowest BCUT2D eigenvalue weighted by Gasteiger charge is -1.96. The molecule has 0 atom stereocenters. The first-order valence-electron chi connectivity index (χ1n) is 3.05. The van der Waals surface area contributed by atoms with E-state index >= 15 is 0 Å². The van der Waals surface area contributed by atoms with Gasteiger partial charge in [-0.15, -0.1) is 0 Å². The SMILES string of the molecule is CC(=O)CNCCC(=O)O. The van der Waals surface area contributed by atoms with Gasteiger partial charge in [-0.25, -0.2) is 0 Å². The maximum Gasteiger partial charge on any atom is 0.304 e. The van der Waals surface area contributed by atoms with Crippen molar-refractivity contribution < 1.29 is 14.7 Å². The summed E-state index contributed by atoms with van der Waals surface area (Å²) in [6.07, 6.45) is 0.0628. The highest BCUT2D eigenvalue weighted by Gasteiger charge is 1.95. The van der Waals surface area contributed by atoms with Crippen molar-refractivity contribution in [3.8, 4) is 0 Å². The Hall–Kier alpha value is -0.900. The molecule has 0 spiro atoms. The molecule has 10 heavy (non-hydrogen) atoms. The van der Waals surface area contributed by atoms with Gasteiger partial charge in [0.1, 0.15) is 5.78 Å². The monoisotopic (exact) mass is 145 g/mol. The lowest BCUT2D eigenvalue weighted by molar-refractivity contribution is -0.137. The molecule has 0 unspecified atom stereocenters. The highest BCUT2D eigenvalue weighted by Crippen LogP contribution is 1.74. The Balaban J connectivity index is 3.06. The molecule has 4 nitrogen and oxygen atoms in total. The predicted octanol–water partition coefficient (Wildman–Crippen LogP) is -0.360. The van der Waals surface area contributed by atoms with Crippen molar-refractivity contribution in [1.29, 1.82) is 0 Å². The Morgan fingerprint density at radius 1 is 1.50 bits per heavy atom. The average Bonchev–Trinajstić information content (AvgIpc) is 1.79. The fourth-order valence-electron chi connectivity index (χ4n) is 0.460. The van der Waals surface area contributed by atoms with Gasteiger partial charge in [0, 0.05) is 6.54 Å². The second kappa shape index (κ2) is 4.93. The summed E-state index contributed by atoms with van der Waals surface area (Å²) in [5.74, 6) is -0.832. The van der Waals surface area contributed by atoms with Crippen molar-refractivity contribution in [2.24, 2.45) is 0 Å². The fourth-order valence-corrected chi connectivity index (χ4v) is 0.460. The number of rotatable bonds is 5. The first kappa shape index (κ1) is 9.10. The number of carbonyl (C=O) groups is 2. The van der Waals surface area contributed by atoms with Crippen LogP contribution in [0.3, 0.4) is 0 Å². The molecular formula is C6H11NO3. The van der Waals surface area contributed by atoms with Crippen LogP contribution in [0.2, 0.25) is 0 Å². The van der Waals surface area contributed by atoms with Crippen molar-refractivity contribution in [1.82, 2.24) is 5.32 Å². The number of Topliss-reactive ketones (excluding diaryl/α,β-unsaturated/α-hetero) is 1. The maximum atomic E-state index is 10.3. The molecule has 58 valence electrons. The Morgan fingerprint density at radius 2 is 2.10 bits per heavy atom. The quantitative estimate of drug-likeness (QED) is 0.518. The van der Waals surface area contributed by atoms with Crippen molar-refractivity contribution in [2.45, 2.75) is 13.3 Å². The van der Waals surface area contributed by atoms with Crippen LogP contribution in [-0.4, -0.2) is 29.9 Å². The van der Waals surface area contributed by atoms with Gasteiger partial charge in [0.2, 0.25) is 0 Å². The van der Waals surface area contributed by atoms with E-state index in [-0.39, 0.29) is 18.7 Å². The first-order chi connectivity index (χ1) is 4.63. The van der Waals surface area contributed by atoms with Crippen molar-refractivity contribution >= 4 is 11.8 Å². The normalized spacial score (nSPS) is 9.30. The molecule has 0 aromatic heterocycles. The third-order valence-corrected chi connectivity index (χ3v) is 0.890. The van der Waals surface area contributed by atoms with Gasteiger partial charge in [-0.3, -0.25) is 9.59 Å². The van der Waals surface area contributed by atoms with E-state index in [2.05, 4.69) is 5.32 Å². The van der Waals surface area contributed by atoms with Gasteiger partial charge >= 0.3 is 5.97 Å². The van der Waals surface area contributed by atoms with Gasteiger partial charge in [-0.2, -0.15) is 0 Å². The summed E-state index contributed by atoms with van der Waals surface area (Å²) in [6.45, 7) is 2.07. The van der Waals surface area contributed by atoms with Crippen LogP contribution in [0.4, 0.5) is 0 Å². The smallest absolute Gasteiger partial charge is 0.304 e. The van der Waals surface area contributed by atoms with E-state index in [9.17, 15) is 9.59 Å². The van der Waals surface area contributed by atoms with Crippen molar-refractivity contribution in [2.75, 3.05) is 13.1 Å². The number of carboxylic acid groups (broad SMARTS) is 1. The van der Waals surface area contributed by atoms with Gasteiger partial charge in [0.25, 0.3) is 0 Å². The molecule has 2 N–H and O–H groups in total. The van der Waals surface area contributed by atoms with Crippen molar-refractivity contribution in [3.63, 3.8) is 0 Å². The zero-order valence-electron chi connectivity index (χ0n) is 5.89. The third kappa shape index (κ3) is 7.10. The maximum absolute atomic E-state index is 10.3. The number of carbonyl (C=O) groups excluding carboxylic acids is 1. The number of hydrogen-bond donors (Lipinski definition) is 2. The predicted molar refractivity (Wildman–Crippen MR) is 35.8 cm³/mol. The standard InChI is InChI=1S/C6H11NO3/c1-5(8)4-7-3-2-6(9)10/h7H,2-4H2,1H3,(H,9,10). The first-order valence-corrected chi connectivity index (χ1v) is 3.05. The average molecular weight is 145 g/mol. The summed E-state index contributed by atoms with van der Waals surface area (Å²) in [5, 5.41) is 10.8. The summed E-state index contributed by atoms with van der Waals surface area (Å²) < 4.78 is 0. The van der Waals surface area contributed by atoms with Crippen LogP contribution < -0.4 is 5.32 Å². The highest BCUT2D eigenvalue weighted by molar-refractivity contribution is 5.77. The molecular weight excluding hydrogens is 134 g/mol. The lowest BCUT2D eigenvalue weighted by Crippen LogP contribution is -2.23. The Kier molecular flexibility index (Phi) is 4.49. The van der Waals surface area contributed by atoms with E-state index < -0.39 is 5.97 Å². The number of nitrogens with one attached hydrogen (secondary N) is 1. The van der Waals surface area contributed by atoms with Crippen LogP contribution in [0.15, 0.2) is 0 Å². The minimum absolute atomic E-state index is 0.0189. The summed E-state index contributed by atoms with van der Waals surface area (Å²) in [6, 6.07) is 0. The van der Waals surface area contributed by atoms with E-state index in [0.717, 1.165) is 0 Å². The van der Waals surface area contributed by atoms with Gasteiger partial charge < -0.3 is 10.4 Å². The lowest BCUT2D eigenvalue weighted by atomic mass is 10.4. The molecule has 0 aromatic rings. The number of ketones is 1. The molecule has 0 saturated heterocycles. The van der Waals surface area contributed by atoms with E-state index in [1.54, 1.807) is 0 Å². The molecule has 0 amide bonds. The Morgan fingerprint density at radius 3 is 2.50 bits per heavy atom. The van der Waals surface area contributed by atoms with Crippen LogP contribution in [0.25, 0.3) is 0 Å². The molecule has 4 heteroatoms. The van der Waals surface area contributed by atoms with Crippen LogP contribution >= 0.6 is 0 Å². The topological polar surface area (TPSA) is 66.4 Å². The Bertz CT molecular complexity index is 117. The minimum Gasteiger partial charge on any atom is -0.481 e. The summed E-state index contributed by atoms with van der Waals surface area (Å²) in [4.78, 5) is 20.2. The van der Waals surface area contributed by atoms with Gasteiger partial charge in [-0.1, -0.05) is 0 Å². The van der Waals surface area contributed by atoms with Crippen LogP contribution in [0.5, 0.6) is 0 Å². The number of carboxylic acids is 1. The zero-order valence-corrected chi connectivity index (χ0v) is 5.89. The largest absolute Gasteiger partial charge is 0.481 e. The molecule has 0 aliphatic carbocycles. The van der Waals surface area contributed by atoms with E-state index in [4.69, 9.17) is 5.11 Å². The summed E-state index contributed by atoms with van der Waals surface area (Å²) >= 11 is 0. The number of hydrogen-bond acceptors (Lipinski definition) is 3. The molecule has 0 aromatic carbocycles. The van der Waals surface area contributed by atoms with Gasteiger partial charge in [-0.05, 0) is 6.92 Å². The molecule has 0 aliphatic heterocycles. The molecule has 0 rings (SSSR count). The third-order valence-electron chi connectivity index (χ3n) is 0.890. The number of aliphatic carboxylic acids is 1. The second-order valence-corrected chi connectivity index (χ2v) is 2.02. The minimum atomic E-state index is -0.851. The molecule has 0 bridgehead atoms. The van der Waals surface area contributed by atoms with Crippen molar-refractivity contribution in [3.05, 3.63) is 0 Å². The summed E-state index contributed by atoms with van der Waals surface area (Å²) in [5.41, 5.74) is 0. The highest BCUT2D eigenvalue weighted by atomic mass is 16.4. The van der Waals surface area contributed by atoms with E-state index in [0.29, 0.717) is 6.54 Å². The van der Waals surface area contributed by atoms with Crippen LogP contribution in [0.1, 0.15) is 13.3 Å². The van der Waals surface area contributed by atoms with E-state index in [1.165, 1.54) is 6.92 Å². The molecule has 0 aliphatic rings. The fraction of sp³-hybridized carbons (Fsp3) is 0.667. The van der Waals surface area contributed by atoms with Crippen LogP contribution in [-0.2, 0) is 9.59 Å². The van der Waals surface area contributed by atoms with Gasteiger partial charge in [0.05, 0.1) is 13.0 Å².